The van der Waals surface area contributed by atoms with Crippen LogP contribution in [0, 0.1) is 6.92 Å². The second kappa shape index (κ2) is 5.86. The molecule has 1 heterocycles. The number of benzene rings is 2. The van der Waals surface area contributed by atoms with Crippen molar-refractivity contribution in [1.82, 2.24) is 5.32 Å². The van der Waals surface area contributed by atoms with E-state index >= 15 is 0 Å². The highest BCUT2D eigenvalue weighted by Gasteiger charge is 2.18. The van der Waals surface area contributed by atoms with Crippen molar-refractivity contribution in [2.45, 2.75) is 25.9 Å². The largest absolute Gasteiger partial charge is 0.378 e. The molecule has 3 heteroatoms. The molecule has 0 fully saturated rings. The second-order valence-electron chi connectivity index (χ2n) is 5.27. The molecule has 1 unspecified atom stereocenters. The van der Waals surface area contributed by atoms with Gasteiger partial charge in [0.1, 0.15) is 0 Å². The quantitative estimate of drug-likeness (QED) is 0.860. The molecule has 20 heavy (non-hydrogen) atoms. The molecule has 0 bridgehead atoms. The van der Waals surface area contributed by atoms with Crippen molar-refractivity contribution in [3.05, 3.63) is 64.2 Å². The summed E-state index contributed by atoms with van der Waals surface area (Å²) < 4.78 is 0. The van der Waals surface area contributed by atoms with Crippen LogP contribution in [-0.4, -0.2) is 6.54 Å². The Hall–Kier alpha value is -1.51. The van der Waals surface area contributed by atoms with Gasteiger partial charge in [-0.25, -0.2) is 0 Å². The third-order valence-electron chi connectivity index (χ3n) is 3.95. The van der Waals surface area contributed by atoms with Gasteiger partial charge in [-0.3, -0.25) is 0 Å². The van der Waals surface area contributed by atoms with Gasteiger partial charge in [0, 0.05) is 17.3 Å². The van der Waals surface area contributed by atoms with E-state index in [1.807, 2.05) is 12.1 Å². The predicted octanol–water partition coefficient (Wildman–Crippen LogP) is 4.29. The molecule has 0 aliphatic carbocycles. The van der Waals surface area contributed by atoms with E-state index in [0.717, 1.165) is 35.8 Å². The minimum Gasteiger partial charge on any atom is -0.378 e. The van der Waals surface area contributed by atoms with E-state index in [-0.39, 0.29) is 0 Å². The topological polar surface area (TPSA) is 24.1 Å². The molecule has 0 spiro atoms. The molecule has 2 nitrogen and oxygen atoms in total. The Morgan fingerprint density at radius 3 is 2.90 bits per heavy atom. The molecule has 0 saturated heterocycles. The van der Waals surface area contributed by atoms with E-state index in [4.69, 9.17) is 11.6 Å². The van der Waals surface area contributed by atoms with Gasteiger partial charge in [-0.15, -0.1) is 0 Å². The molecule has 104 valence electrons. The lowest BCUT2D eigenvalue weighted by Crippen LogP contribution is -2.15. The van der Waals surface area contributed by atoms with Crippen LogP contribution < -0.4 is 10.6 Å². The number of halogens is 1. The monoisotopic (exact) mass is 286 g/mol. The van der Waals surface area contributed by atoms with Crippen LogP contribution in [0.15, 0.2) is 42.5 Å². The Kier molecular flexibility index (Phi) is 3.95. The van der Waals surface area contributed by atoms with Crippen molar-refractivity contribution in [3.63, 3.8) is 0 Å². The van der Waals surface area contributed by atoms with Gasteiger partial charge in [-0.05, 0) is 48.7 Å². The first-order valence-corrected chi connectivity index (χ1v) is 7.43. The third kappa shape index (κ3) is 2.67. The van der Waals surface area contributed by atoms with E-state index < -0.39 is 0 Å². The van der Waals surface area contributed by atoms with Crippen molar-refractivity contribution in [3.8, 4) is 0 Å². The van der Waals surface area contributed by atoms with E-state index in [1.54, 1.807) is 0 Å². The van der Waals surface area contributed by atoms with Crippen molar-refractivity contribution in [2.75, 3.05) is 11.9 Å². The minimum atomic E-state index is 0.332. The maximum atomic E-state index is 6.21. The van der Waals surface area contributed by atoms with Crippen LogP contribution in [0.2, 0.25) is 5.02 Å². The summed E-state index contributed by atoms with van der Waals surface area (Å²) in [5.41, 5.74) is 5.00. The first kappa shape index (κ1) is 13.5. The van der Waals surface area contributed by atoms with Crippen LogP contribution >= 0.6 is 11.6 Å². The zero-order valence-electron chi connectivity index (χ0n) is 11.6. The maximum absolute atomic E-state index is 6.21. The fourth-order valence-corrected chi connectivity index (χ4v) is 2.94. The lowest BCUT2D eigenvalue weighted by Gasteiger charge is -2.22. The van der Waals surface area contributed by atoms with Crippen molar-refractivity contribution < 1.29 is 0 Å². The molecule has 1 aliphatic rings. The minimum absolute atomic E-state index is 0.332. The summed E-state index contributed by atoms with van der Waals surface area (Å²) in [6, 6.07) is 15.0. The van der Waals surface area contributed by atoms with Gasteiger partial charge in [0.15, 0.2) is 0 Å². The van der Waals surface area contributed by atoms with E-state index in [2.05, 4.69) is 47.9 Å². The highest BCUT2D eigenvalue weighted by Crippen LogP contribution is 2.30. The average Bonchev–Trinajstić information content (AvgIpc) is 2.67. The highest BCUT2D eigenvalue weighted by molar-refractivity contribution is 6.31. The van der Waals surface area contributed by atoms with Gasteiger partial charge in [-0.1, -0.05) is 41.9 Å². The molecule has 3 rings (SSSR count). The SMILES string of the molecule is Cc1c(Cl)cccc1NC1CCNCc2ccccc21. The van der Waals surface area contributed by atoms with Gasteiger partial charge in [0.2, 0.25) is 0 Å². The third-order valence-corrected chi connectivity index (χ3v) is 4.36. The van der Waals surface area contributed by atoms with E-state index in [0.29, 0.717) is 6.04 Å². The van der Waals surface area contributed by atoms with E-state index in [1.165, 1.54) is 11.1 Å². The molecule has 2 aromatic rings. The Morgan fingerprint density at radius 1 is 1.15 bits per heavy atom. The van der Waals surface area contributed by atoms with Gasteiger partial charge < -0.3 is 10.6 Å². The summed E-state index contributed by atoms with van der Waals surface area (Å²) in [7, 11) is 0. The van der Waals surface area contributed by atoms with Crippen molar-refractivity contribution >= 4 is 17.3 Å². The van der Waals surface area contributed by atoms with Crippen LogP contribution in [0.3, 0.4) is 0 Å². The van der Waals surface area contributed by atoms with Crippen LogP contribution in [-0.2, 0) is 6.54 Å². The molecule has 1 atom stereocenters. The maximum Gasteiger partial charge on any atom is 0.0529 e. The number of nitrogens with one attached hydrogen (secondary N) is 2. The van der Waals surface area contributed by atoms with Crippen LogP contribution in [0.5, 0.6) is 0 Å². The smallest absolute Gasteiger partial charge is 0.0529 e. The predicted molar refractivity (Wildman–Crippen MR) is 85.3 cm³/mol. The molecule has 2 aromatic carbocycles. The number of rotatable bonds is 2. The summed E-state index contributed by atoms with van der Waals surface area (Å²) in [6.45, 7) is 4.03. The van der Waals surface area contributed by atoms with Gasteiger partial charge in [0.05, 0.1) is 6.04 Å². The molecule has 2 N–H and O–H groups in total. The molecule has 0 aromatic heterocycles. The molecule has 0 radical (unpaired) electrons. The summed E-state index contributed by atoms with van der Waals surface area (Å²) in [4.78, 5) is 0. The Bertz CT molecular complexity index is 610. The summed E-state index contributed by atoms with van der Waals surface area (Å²) >= 11 is 6.21. The zero-order valence-corrected chi connectivity index (χ0v) is 12.4. The average molecular weight is 287 g/mol. The summed E-state index contributed by atoms with van der Waals surface area (Å²) in [6.07, 6.45) is 1.07. The van der Waals surface area contributed by atoms with Gasteiger partial charge in [-0.2, -0.15) is 0 Å². The second-order valence-corrected chi connectivity index (χ2v) is 5.68. The lowest BCUT2D eigenvalue weighted by molar-refractivity contribution is 0.637. The van der Waals surface area contributed by atoms with Gasteiger partial charge >= 0.3 is 0 Å². The molecular formula is C17H19ClN2. The summed E-state index contributed by atoms with van der Waals surface area (Å²) in [5, 5.41) is 7.96. The first-order valence-electron chi connectivity index (χ1n) is 7.06. The zero-order chi connectivity index (χ0) is 13.9. The normalized spacial score (nSPS) is 18.2. The molecular weight excluding hydrogens is 268 g/mol. The van der Waals surface area contributed by atoms with Crippen LogP contribution in [0.1, 0.15) is 29.2 Å². The first-order chi connectivity index (χ1) is 9.75. The standard InChI is InChI=1S/C17H19ClN2/c1-12-15(18)7-4-8-16(12)20-17-9-10-19-11-13-5-2-3-6-14(13)17/h2-8,17,19-20H,9-11H2,1H3. The van der Waals surface area contributed by atoms with Crippen molar-refractivity contribution in [2.24, 2.45) is 0 Å². The van der Waals surface area contributed by atoms with Crippen LogP contribution in [0.4, 0.5) is 5.69 Å². The number of anilines is 1. The number of fused-ring (bicyclic) bond motifs is 1. The Balaban J connectivity index is 1.92. The van der Waals surface area contributed by atoms with E-state index in [9.17, 15) is 0 Å². The fraction of sp³-hybridized carbons (Fsp3) is 0.294. The molecule has 0 saturated carbocycles. The lowest BCUT2D eigenvalue weighted by atomic mass is 9.98. The summed E-state index contributed by atoms with van der Waals surface area (Å²) in [5.74, 6) is 0. The Morgan fingerprint density at radius 2 is 2.00 bits per heavy atom. The Labute approximate surface area is 125 Å². The fourth-order valence-electron chi connectivity index (χ4n) is 2.76. The van der Waals surface area contributed by atoms with Gasteiger partial charge in [0.25, 0.3) is 0 Å². The number of hydrogen-bond acceptors (Lipinski definition) is 2. The number of hydrogen-bond donors (Lipinski definition) is 2. The highest BCUT2D eigenvalue weighted by atomic mass is 35.5. The van der Waals surface area contributed by atoms with Crippen molar-refractivity contribution in [1.29, 1.82) is 0 Å². The van der Waals surface area contributed by atoms with Crippen LogP contribution in [0.25, 0.3) is 0 Å². The molecule has 1 aliphatic heterocycles. The molecule has 0 amide bonds.